The molecule has 2 aliphatic rings. The molecule has 2 aliphatic heterocycles. The van der Waals surface area contributed by atoms with Crippen molar-refractivity contribution < 1.29 is 26.7 Å². The molecule has 158 valence electrons. The first kappa shape index (κ1) is 19.0. The monoisotopic (exact) mass is 430 g/mol. The van der Waals surface area contributed by atoms with Gasteiger partial charge in [0.25, 0.3) is 5.89 Å². The number of fused-ring (bicyclic) bond motifs is 1. The number of piperidine rings is 1. The number of ether oxygens (including phenoxy) is 2. The lowest BCUT2D eigenvalue weighted by atomic mass is 10.0. The van der Waals surface area contributed by atoms with Crippen LogP contribution in [0.4, 0.5) is 5.88 Å². The zero-order valence-corrected chi connectivity index (χ0v) is 17.4. The van der Waals surface area contributed by atoms with Crippen LogP contribution in [0.15, 0.2) is 55.4 Å². The van der Waals surface area contributed by atoms with Gasteiger partial charge in [0, 0.05) is 19.2 Å². The van der Waals surface area contributed by atoms with E-state index in [1.807, 2.05) is 4.90 Å². The zero-order chi connectivity index (χ0) is 20.7. The Kier molecular flexibility index (Phi) is 4.69. The number of rotatable bonds is 4. The number of aromatic nitrogens is 1. The van der Waals surface area contributed by atoms with E-state index in [1.165, 1.54) is 18.4 Å². The fourth-order valence-electron chi connectivity index (χ4n) is 3.85. The highest BCUT2D eigenvalue weighted by molar-refractivity contribution is 7.91. The summed E-state index contributed by atoms with van der Waals surface area (Å²) in [6.07, 6.45) is 3.55. The summed E-state index contributed by atoms with van der Waals surface area (Å²) < 4.78 is 49.5. The third-order valence-corrected chi connectivity index (χ3v) is 6.98. The Hall–Kier alpha value is -2.94. The van der Waals surface area contributed by atoms with Crippen molar-refractivity contribution in [2.24, 2.45) is 5.92 Å². The molecule has 1 atom stereocenters. The Morgan fingerprint density at radius 1 is 1.13 bits per heavy atom. The van der Waals surface area contributed by atoms with Crippen LogP contribution in [0, 0.1) is 5.92 Å². The van der Waals surface area contributed by atoms with Crippen molar-refractivity contribution in [2.75, 3.05) is 31.2 Å². The van der Waals surface area contributed by atoms with Gasteiger partial charge in [-0.2, -0.15) is 4.98 Å². The topological polar surface area (TPSA) is 95.0 Å². The molecular formula is C21H22N2O6S. The van der Waals surface area contributed by atoms with E-state index in [2.05, 4.69) is 11.9 Å². The number of benzene rings is 1. The average molecular weight is 430 g/mol. The predicted octanol–water partition coefficient (Wildman–Crippen LogP) is 3.77. The maximum Gasteiger partial charge on any atom is 0.266 e. The highest BCUT2D eigenvalue weighted by atomic mass is 32.2. The van der Waals surface area contributed by atoms with Crippen LogP contribution in [-0.2, 0) is 9.84 Å². The summed E-state index contributed by atoms with van der Waals surface area (Å²) in [5.41, 5.74) is 0. The van der Waals surface area contributed by atoms with Crippen molar-refractivity contribution in [1.29, 1.82) is 0 Å². The predicted molar refractivity (Wildman–Crippen MR) is 108 cm³/mol. The van der Waals surface area contributed by atoms with Crippen molar-refractivity contribution in [2.45, 2.75) is 29.7 Å². The van der Waals surface area contributed by atoms with Gasteiger partial charge in [0.1, 0.15) is 13.2 Å². The Bertz CT molecular complexity index is 1150. The maximum atomic E-state index is 13.6. The van der Waals surface area contributed by atoms with E-state index in [0.29, 0.717) is 49.5 Å². The normalized spacial score (nSPS) is 19.1. The Balaban J connectivity index is 1.61. The summed E-state index contributed by atoms with van der Waals surface area (Å²) in [6.45, 7) is 4.37. The van der Waals surface area contributed by atoms with Gasteiger partial charge in [0.05, 0.1) is 11.2 Å². The van der Waals surface area contributed by atoms with Crippen molar-refractivity contribution in [3.05, 3.63) is 36.6 Å². The van der Waals surface area contributed by atoms with Crippen molar-refractivity contribution in [3.8, 4) is 23.1 Å². The molecule has 1 aromatic carbocycles. The molecule has 1 saturated heterocycles. The molecule has 0 N–H and O–H groups in total. The third kappa shape index (κ3) is 3.32. The number of sulfone groups is 1. The van der Waals surface area contributed by atoms with Gasteiger partial charge in [0.2, 0.25) is 20.7 Å². The van der Waals surface area contributed by atoms with Crippen LogP contribution in [0.1, 0.15) is 19.8 Å². The summed E-state index contributed by atoms with van der Waals surface area (Å²) in [4.78, 5) is 6.39. The van der Waals surface area contributed by atoms with E-state index in [4.69, 9.17) is 18.3 Å². The molecule has 0 saturated carbocycles. The van der Waals surface area contributed by atoms with Gasteiger partial charge in [-0.25, -0.2) is 8.42 Å². The summed E-state index contributed by atoms with van der Waals surface area (Å²) >= 11 is 0. The summed E-state index contributed by atoms with van der Waals surface area (Å²) in [6, 6.07) is 7.99. The minimum absolute atomic E-state index is 0.0809. The van der Waals surface area contributed by atoms with Crippen molar-refractivity contribution >= 4 is 15.7 Å². The Morgan fingerprint density at radius 2 is 1.97 bits per heavy atom. The van der Waals surface area contributed by atoms with Crippen LogP contribution in [-0.4, -0.2) is 39.7 Å². The fourth-order valence-corrected chi connectivity index (χ4v) is 5.19. The minimum atomic E-state index is -3.96. The van der Waals surface area contributed by atoms with Crippen LogP contribution < -0.4 is 14.4 Å². The van der Waals surface area contributed by atoms with Gasteiger partial charge in [-0.3, -0.25) is 0 Å². The van der Waals surface area contributed by atoms with E-state index < -0.39 is 9.84 Å². The van der Waals surface area contributed by atoms with Crippen LogP contribution in [0.5, 0.6) is 11.5 Å². The van der Waals surface area contributed by atoms with E-state index in [-0.39, 0.29) is 21.7 Å². The molecular weight excluding hydrogens is 408 g/mol. The smallest absolute Gasteiger partial charge is 0.266 e. The second-order valence-corrected chi connectivity index (χ2v) is 9.47. The number of nitrogens with zero attached hydrogens (tertiary/aromatic N) is 2. The largest absolute Gasteiger partial charge is 0.486 e. The van der Waals surface area contributed by atoms with Gasteiger partial charge in [-0.15, -0.1) is 0 Å². The second-order valence-electron chi connectivity index (χ2n) is 7.61. The van der Waals surface area contributed by atoms with Crippen molar-refractivity contribution in [1.82, 2.24) is 4.98 Å². The molecule has 0 aliphatic carbocycles. The van der Waals surface area contributed by atoms with E-state index in [0.717, 1.165) is 12.8 Å². The lowest BCUT2D eigenvalue weighted by molar-refractivity contribution is 0.171. The molecule has 9 heteroatoms. The first-order chi connectivity index (χ1) is 14.5. The van der Waals surface area contributed by atoms with E-state index in [9.17, 15) is 8.42 Å². The molecule has 1 fully saturated rings. The molecule has 30 heavy (non-hydrogen) atoms. The second kappa shape index (κ2) is 7.39. The molecule has 0 bridgehead atoms. The molecule has 1 unspecified atom stereocenters. The van der Waals surface area contributed by atoms with Gasteiger partial charge in [-0.05, 0) is 43.0 Å². The van der Waals surface area contributed by atoms with Gasteiger partial charge >= 0.3 is 0 Å². The third-order valence-electron chi connectivity index (χ3n) is 5.33. The van der Waals surface area contributed by atoms with Crippen LogP contribution in [0.25, 0.3) is 11.7 Å². The highest BCUT2D eigenvalue weighted by Crippen LogP contribution is 2.39. The zero-order valence-electron chi connectivity index (χ0n) is 16.5. The Morgan fingerprint density at radius 3 is 2.73 bits per heavy atom. The van der Waals surface area contributed by atoms with Gasteiger partial charge in [-0.1, -0.05) is 6.92 Å². The van der Waals surface area contributed by atoms with Gasteiger partial charge in [0.15, 0.2) is 17.3 Å². The molecule has 0 spiro atoms. The SMILES string of the molecule is CC1CCCN(c2oc(-c3ccco3)nc2S(=O)(=O)c2ccc3c(c2)OCCO3)C1. The average Bonchev–Trinajstić information content (AvgIpc) is 3.43. The Labute approximate surface area is 174 Å². The molecule has 0 radical (unpaired) electrons. The lowest BCUT2D eigenvalue weighted by Gasteiger charge is -2.30. The van der Waals surface area contributed by atoms with Crippen LogP contribution in [0.2, 0.25) is 0 Å². The number of hydrogen-bond acceptors (Lipinski definition) is 8. The summed E-state index contributed by atoms with van der Waals surface area (Å²) in [5, 5.41) is -0.111. The first-order valence-corrected chi connectivity index (χ1v) is 11.4. The quantitative estimate of drug-likeness (QED) is 0.617. The molecule has 5 rings (SSSR count). The number of hydrogen-bond donors (Lipinski definition) is 0. The summed E-state index contributed by atoms with van der Waals surface area (Å²) in [5.74, 6) is 2.14. The maximum absolute atomic E-state index is 13.6. The first-order valence-electron chi connectivity index (χ1n) is 9.97. The molecule has 4 heterocycles. The van der Waals surface area contributed by atoms with Gasteiger partial charge < -0.3 is 23.2 Å². The standard InChI is InChI=1S/C21H22N2O6S/c1-14-4-2-8-23(13-14)21-20(22-19(29-21)17-5-3-9-26-17)30(24,25)15-6-7-16-18(12-15)28-11-10-27-16/h3,5-7,9,12,14H,2,4,8,10-11,13H2,1H3. The van der Waals surface area contributed by atoms with Crippen molar-refractivity contribution in [3.63, 3.8) is 0 Å². The van der Waals surface area contributed by atoms with E-state index in [1.54, 1.807) is 18.2 Å². The summed E-state index contributed by atoms with van der Waals surface area (Å²) in [7, 11) is -3.96. The number of furan rings is 1. The molecule has 3 aromatic rings. The van der Waals surface area contributed by atoms with Crippen LogP contribution in [0.3, 0.4) is 0 Å². The number of oxazole rings is 1. The molecule has 8 nitrogen and oxygen atoms in total. The molecule has 0 amide bonds. The molecule has 2 aromatic heterocycles. The minimum Gasteiger partial charge on any atom is -0.486 e. The van der Waals surface area contributed by atoms with E-state index >= 15 is 0 Å². The number of anilines is 1. The lowest BCUT2D eigenvalue weighted by Crippen LogP contribution is -2.34. The fraction of sp³-hybridized carbons (Fsp3) is 0.381. The highest BCUT2D eigenvalue weighted by Gasteiger charge is 2.34. The van der Waals surface area contributed by atoms with Crippen LogP contribution >= 0.6 is 0 Å².